The van der Waals surface area contributed by atoms with Crippen molar-refractivity contribution in [1.29, 1.82) is 0 Å². The van der Waals surface area contributed by atoms with Crippen molar-refractivity contribution in [2.75, 3.05) is 29.8 Å². The standard InChI is InChI=1S/C25H27N3O5S/c1-17-6-4-7-20(14-17)34(31,32)28-16-19(11-13-25(29)30)33-23-12-10-18(15-22(23)28)21-8-5-9-24(26-21)27(2)3/h4-10,12,14-15,19H,11,13,16H2,1-3H3,(H,29,30)/t19-/m0/s1. The number of carboxylic acid groups (broad SMARTS) is 1. The fourth-order valence-electron chi connectivity index (χ4n) is 3.87. The van der Waals surface area contributed by atoms with Crippen LogP contribution in [0.5, 0.6) is 5.75 Å². The molecular formula is C25H27N3O5S. The van der Waals surface area contributed by atoms with Crippen LogP contribution in [-0.2, 0) is 14.8 Å². The minimum Gasteiger partial charge on any atom is -0.486 e. The van der Waals surface area contributed by atoms with E-state index >= 15 is 0 Å². The first-order valence-corrected chi connectivity index (χ1v) is 12.4. The van der Waals surface area contributed by atoms with Crippen molar-refractivity contribution in [3.8, 4) is 17.0 Å². The van der Waals surface area contributed by atoms with E-state index in [1.807, 2.05) is 56.3 Å². The van der Waals surface area contributed by atoms with Gasteiger partial charge in [-0.1, -0.05) is 18.2 Å². The van der Waals surface area contributed by atoms with Gasteiger partial charge in [-0.3, -0.25) is 9.10 Å². The number of hydrogen-bond donors (Lipinski definition) is 1. The van der Waals surface area contributed by atoms with Gasteiger partial charge in [-0.15, -0.1) is 0 Å². The zero-order valence-electron chi connectivity index (χ0n) is 19.3. The van der Waals surface area contributed by atoms with E-state index in [1.54, 1.807) is 30.3 Å². The second kappa shape index (κ2) is 9.34. The van der Waals surface area contributed by atoms with Crippen LogP contribution in [-0.4, -0.2) is 51.2 Å². The van der Waals surface area contributed by atoms with Crippen LogP contribution in [0.1, 0.15) is 18.4 Å². The molecule has 8 nitrogen and oxygen atoms in total. The predicted molar refractivity (Wildman–Crippen MR) is 131 cm³/mol. The van der Waals surface area contributed by atoms with E-state index in [1.165, 1.54) is 4.31 Å². The summed E-state index contributed by atoms with van der Waals surface area (Å²) in [4.78, 5) is 17.8. The Kier molecular flexibility index (Phi) is 6.47. The van der Waals surface area contributed by atoms with E-state index in [-0.39, 0.29) is 24.3 Å². The van der Waals surface area contributed by atoms with E-state index in [0.29, 0.717) is 17.1 Å². The molecule has 1 aromatic heterocycles. The molecule has 34 heavy (non-hydrogen) atoms. The van der Waals surface area contributed by atoms with Gasteiger partial charge in [-0.05, 0) is 61.4 Å². The van der Waals surface area contributed by atoms with Gasteiger partial charge in [0.1, 0.15) is 17.7 Å². The van der Waals surface area contributed by atoms with Crippen molar-refractivity contribution < 1.29 is 23.1 Å². The van der Waals surface area contributed by atoms with Gasteiger partial charge in [-0.2, -0.15) is 0 Å². The van der Waals surface area contributed by atoms with Crippen LogP contribution in [0.25, 0.3) is 11.3 Å². The molecule has 0 saturated carbocycles. The Morgan fingerprint density at radius 2 is 1.91 bits per heavy atom. The van der Waals surface area contributed by atoms with Gasteiger partial charge in [-0.25, -0.2) is 13.4 Å². The first-order valence-electron chi connectivity index (χ1n) is 10.9. The smallest absolute Gasteiger partial charge is 0.303 e. The number of carboxylic acids is 1. The zero-order chi connectivity index (χ0) is 24.5. The quantitative estimate of drug-likeness (QED) is 0.545. The van der Waals surface area contributed by atoms with Crippen LogP contribution in [0.3, 0.4) is 0 Å². The van der Waals surface area contributed by atoms with Crippen molar-refractivity contribution in [3.05, 3.63) is 66.2 Å². The van der Waals surface area contributed by atoms with Crippen LogP contribution >= 0.6 is 0 Å². The summed E-state index contributed by atoms with van der Waals surface area (Å²) in [6, 6.07) is 17.7. The van der Waals surface area contributed by atoms with Crippen molar-refractivity contribution in [2.45, 2.75) is 30.8 Å². The van der Waals surface area contributed by atoms with E-state index in [2.05, 4.69) is 4.98 Å². The minimum absolute atomic E-state index is 0.0190. The Balaban J connectivity index is 1.80. The summed E-state index contributed by atoms with van der Waals surface area (Å²) in [6.07, 6.45) is -0.496. The number of benzene rings is 2. The van der Waals surface area contributed by atoms with Gasteiger partial charge in [0.15, 0.2) is 0 Å². The predicted octanol–water partition coefficient (Wildman–Crippen LogP) is 3.94. The lowest BCUT2D eigenvalue weighted by molar-refractivity contribution is -0.137. The zero-order valence-corrected chi connectivity index (χ0v) is 20.1. The summed E-state index contributed by atoms with van der Waals surface area (Å²) >= 11 is 0. The number of hydrogen-bond acceptors (Lipinski definition) is 6. The molecule has 1 N–H and O–H groups in total. The van der Waals surface area contributed by atoms with Crippen LogP contribution < -0.4 is 13.9 Å². The van der Waals surface area contributed by atoms with E-state index in [9.17, 15) is 13.2 Å². The Morgan fingerprint density at radius 1 is 1.15 bits per heavy atom. The van der Waals surface area contributed by atoms with E-state index in [4.69, 9.17) is 9.84 Å². The summed E-state index contributed by atoms with van der Waals surface area (Å²) in [7, 11) is -0.107. The highest BCUT2D eigenvalue weighted by molar-refractivity contribution is 7.92. The Bertz CT molecular complexity index is 1320. The SMILES string of the molecule is Cc1cccc(S(=O)(=O)N2C[C@H](CCC(=O)O)Oc3ccc(-c4cccc(N(C)C)n4)cc32)c1. The van der Waals surface area contributed by atoms with Crippen LogP contribution in [0.4, 0.5) is 11.5 Å². The molecule has 9 heteroatoms. The summed E-state index contributed by atoms with van der Waals surface area (Å²) in [5, 5.41) is 9.10. The number of aliphatic carboxylic acids is 1. The number of aryl methyl sites for hydroxylation is 1. The lowest BCUT2D eigenvalue weighted by Crippen LogP contribution is -2.43. The number of sulfonamides is 1. The molecule has 0 unspecified atom stereocenters. The first kappa shape index (κ1) is 23.6. The number of rotatable bonds is 7. The molecule has 1 aliphatic rings. The van der Waals surface area contributed by atoms with Crippen molar-refractivity contribution in [3.63, 3.8) is 0 Å². The third-order valence-electron chi connectivity index (χ3n) is 5.64. The molecule has 0 aliphatic carbocycles. The third kappa shape index (κ3) is 4.84. The highest BCUT2D eigenvalue weighted by atomic mass is 32.2. The number of ether oxygens (including phenoxy) is 1. The molecule has 0 spiro atoms. The van der Waals surface area contributed by atoms with Crippen LogP contribution in [0, 0.1) is 6.92 Å². The molecule has 1 atom stereocenters. The molecule has 2 heterocycles. The average molecular weight is 482 g/mol. The number of anilines is 2. The minimum atomic E-state index is -3.91. The summed E-state index contributed by atoms with van der Waals surface area (Å²) in [5.74, 6) is 0.222. The second-order valence-corrected chi connectivity index (χ2v) is 10.3. The Morgan fingerprint density at radius 3 is 2.62 bits per heavy atom. The number of aromatic nitrogens is 1. The Labute approximate surface area is 199 Å². The molecule has 0 fully saturated rings. The monoisotopic (exact) mass is 481 g/mol. The highest BCUT2D eigenvalue weighted by Crippen LogP contribution is 2.40. The summed E-state index contributed by atoms with van der Waals surface area (Å²) in [5.41, 5.74) is 2.69. The molecule has 1 aliphatic heterocycles. The summed E-state index contributed by atoms with van der Waals surface area (Å²) < 4.78 is 34.8. The van der Waals surface area contributed by atoms with Crippen molar-refractivity contribution in [2.24, 2.45) is 0 Å². The van der Waals surface area contributed by atoms with Gasteiger partial charge in [0.25, 0.3) is 10.0 Å². The normalized spacial score (nSPS) is 15.4. The number of fused-ring (bicyclic) bond motifs is 1. The maximum absolute atomic E-state index is 13.7. The Hall–Kier alpha value is -3.59. The maximum Gasteiger partial charge on any atom is 0.303 e. The van der Waals surface area contributed by atoms with Crippen LogP contribution in [0.2, 0.25) is 0 Å². The van der Waals surface area contributed by atoms with Crippen molar-refractivity contribution >= 4 is 27.5 Å². The molecule has 3 aromatic rings. The average Bonchev–Trinajstić information content (AvgIpc) is 2.82. The van der Waals surface area contributed by atoms with Gasteiger partial charge >= 0.3 is 5.97 Å². The molecular weight excluding hydrogens is 454 g/mol. The fourth-order valence-corrected chi connectivity index (χ4v) is 5.47. The molecule has 0 bridgehead atoms. The van der Waals surface area contributed by atoms with Crippen LogP contribution in [0.15, 0.2) is 65.6 Å². The topological polar surface area (TPSA) is 100 Å². The molecule has 2 aromatic carbocycles. The number of nitrogens with zero attached hydrogens (tertiary/aromatic N) is 3. The molecule has 0 saturated heterocycles. The molecule has 178 valence electrons. The highest BCUT2D eigenvalue weighted by Gasteiger charge is 2.35. The van der Waals surface area contributed by atoms with E-state index in [0.717, 1.165) is 16.9 Å². The van der Waals surface area contributed by atoms with Gasteiger partial charge in [0.2, 0.25) is 0 Å². The van der Waals surface area contributed by atoms with Gasteiger partial charge in [0, 0.05) is 26.1 Å². The summed E-state index contributed by atoms with van der Waals surface area (Å²) in [6.45, 7) is 1.86. The lowest BCUT2D eigenvalue weighted by atomic mass is 10.1. The van der Waals surface area contributed by atoms with Gasteiger partial charge < -0.3 is 14.7 Å². The molecule has 4 rings (SSSR count). The second-order valence-electron chi connectivity index (χ2n) is 8.48. The largest absolute Gasteiger partial charge is 0.486 e. The third-order valence-corrected chi connectivity index (χ3v) is 7.41. The fraction of sp³-hybridized carbons (Fsp3) is 0.280. The lowest BCUT2D eigenvalue weighted by Gasteiger charge is -2.35. The first-order chi connectivity index (χ1) is 16.1. The number of carbonyl (C=O) groups is 1. The van der Waals surface area contributed by atoms with Crippen molar-refractivity contribution in [1.82, 2.24) is 4.98 Å². The molecule has 0 amide bonds. The number of pyridine rings is 1. The maximum atomic E-state index is 13.7. The van der Waals surface area contributed by atoms with E-state index < -0.39 is 22.1 Å². The van der Waals surface area contributed by atoms with Gasteiger partial charge in [0.05, 0.1) is 22.8 Å². The molecule has 0 radical (unpaired) electrons.